The second-order valence-corrected chi connectivity index (χ2v) is 5.33. The van der Waals surface area contributed by atoms with E-state index in [4.69, 9.17) is 0 Å². The van der Waals surface area contributed by atoms with Gasteiger partial charge in [0.2, 0.25) is 0 Å². The summed E-state index contributed by atoms with van der Waals surface area (Å²) in [7, 11) is 0. The van der Waals surface area contributed by atoms with Gasteiger partial charge in [-0.2, -0.15) is 10.2 Å². The van der Waals surface area contributed by atoms with Crippen LogP contribution in [0.3, 0.4) is 0 Å². The van der Waals surface area contributed by atoms with Crippen molar-refractivity contribution in [1.82, 2.24) is 15.5 Å². The zero-order chi connectivity index (χ0) is 12.6. The minimum Gasteiger partial charge on any atom is -0.310 e. The smallest absolute Gasteiger partial charge is 0.0544 e. The summed E-state index contributed by atoms with van der Waals surface area (Å²) in [5, 5.41) is 13.5. The van der Waals surface area contributed by atoms with E-state index in [-0.39, 0.29) is 0 Å². The molecule has 2 rings (SSSR count). The molecule has 1 unspecified atom stereocenters. The van der Waals surface area contributed by atoms with Crippen molar-refractivity contribution in [2.24, 2.45) is 0 Å². The standard InChI is InChI=1S/C14H19N3S/c1-2-8-15-14(12-7-9-16-17-11-12)6-5-13-4-3-10-18-13/h3-4,7,9-11,14-15H,2,5-6,8H2,1H3. The lowest BCUT2D eigenvalue weighted by Crippen LogP contribution is -2.22. The molecule has 0 saturated heterocycles. The number of aromatic nitrogens is 2. The molecule has 4 heteroatoms. The molecule has 2 aromatic heterocycles. The van der Waals surface area contributed by atoms with Crippen LogP contribution in [0.15, 0.2) is 36.0 Å². The van der Waals surface area contributed by atoms with Gasteiger partial charge in [0, 0.05) is 17.1 Å². The summed E-state index contributed by atoms with van der Waals surface area (Å²) >= 11 is 1.83. The molecule has 0 amide bonds. The summed E-state index contributed by atoms with van der Waals surface area (Å²) in [5.41, 5.74) is 1.23. The number of hydrogen-bond acceptors (Lipinski definition) is 4. The van der Waals surface area contributed by atoms with Gasteiger partial charge >= 0.3 is 0 Å². The topological polar surface area (TPSA) is 37.8 Å². The van der Waals surface area contributed by atoms with Gasteiger partial charge in [-0.15, -0.1) is 11.3 Å². The highest BCUT2D eigenvalue weighted by Crippen LogP contribution is 2.20. The number of hydrogen-bond donors (Lipinski definition) is 1. The molecule has 0 aliphatic heterocycles. The van der Waals surface area contributed by atoms with Crippen LogP contribution in [-0.4, -0.2) is 16.7 Å². The minimum absolute atomic E-state index is 0.377. The Kier molecular flexibility index (Phi) is 5.30. The van der Waals surface area contributed by atoms with E-state index in [2.05, 4.69) is 46.0 Å². The fraction of sp³-hybridized carbons (Fsp3) is 0.429. The fourth-order valence-corrected chi connectivity index (χ4v) is 2.68. The summed E-state index contributed by atoms with van der Waals surface area (Å²) in [5.74, 6) is 0. The molecule has 0 aromatic carbocycles. The highest BCUT2D eigenvalue weighted by Gasteiger charge is 2.11. The predicted octanol–water partition coefficient (Wildman–Crippen LogP) is 3.21. The number of nitrogens with one attached hydrogen (secondary N) is 1. The van der Waals surface area contributed by atoms with Gasteiger partial charge in [-0.25, -0.2) is 0 Å². The maximum Gasteiger partial charge on any atom is 0.0544 e. The molecule has 2 heterocycles. The number of thiophene rings is 1. The van der Waals surface area contributed by atoms with Crippen LogP contribution in [0.25, 0.3) is 0 Å². The lowest BCUT2D eigenvalue weighted by Gasteiger charge is -2.18. The Morgan fingerprint density at radius 2 is 2.28 bits per heavy atom. The van der Waals surface area contributed by atoms with Crippen molar-refractivity contribution >= 4 is 11.3 Å². The van der Waals surface area contributed by atoms with Crippen LogP contribution in [0.5, 0.6) is 0 Å². The Balaban J connectivity index is 1.96. The number of rotatable bonds is 7. The van der Waals surface area contributed by atoms with Crippen molar-refractivity contribution in [3.8, 4) is 0 Å². The monoisotopic (exact) mass is 261 g/mol. The molecule has 1 atom stereocenters. The predicted molar refractivity (Wildman–Crippen MR) is 75.7 cm³/mol. The molecule has 96 valence electrons. The van der Waals surface area contributed by atoms with E-state index in [0.717, 1.165) is 25.8 Å². The largest absolute Gasteiger partial charge is 0.310 e. The van der Waals surface area contributed by atoms with Crippen LogP contribution in [-0.2, 0) is 6.42 Å². The first kappa shape index (κ1) is 13.2. The third-order valence-electron chi connectivity index (χ3n) is 2.91. The van der Waals surface area contributed by atoms with Crippen LogP contribution in [0, 0.1) is 0 Å². The molecule has 0 saturated carbocycles. The van der Waals surface area contributed by atoms with Gasteiger partial charge < -0.3 is 5.32 Å². The third kappa shape index (κ3) is 3.89. The Labute approximate surface area is 112 Å². The first-order chi connectivity index (χ1) is 8.90. The minimum atomic E-state index is 0.377. The Morgan fingerprint density at radius 1 is 1.33 bits per heavy atom. The van der Waals surface area contributed by atoms with E-state index in [1.807, 2.05) is 17.5 Å². The zero-order valence-corrected chi connectivity index (χ0v) is 11.5. The van der Waals surface area contributed by atoms with E-state index in [1.165, 1.54) is 10.4 Å². The molecule has 0 fully saturated rings. The lowest BCUT2D eigenvalue weighted by atomic mass is 10.0. The van der Waals surface area contributed by atoms with E-state index in [0.29, 0.717) is 6.04 Å². The van der Waals surface area contributed by atoms with Crippen LogP contribution in [0.4, 0.5) is 0 Å². The third-order valence-corrected chi connectivity index (χ3v) is 3.85. The van der Waals surface area contributed by atoms with Crippen LogP contribution >= 0.6 is 11.3 Å². The molecule has 0 radical (unpaired) electrons. The van der Waals surface area contributed by atoms with Gasteiger partial charge in [-0.1, -0.05) is 13.0 Å². The van der Waals surface area contributed by atoms with Crippen molar-refractivity contribution < 1.29 is 0 Å². The Hall–Kier alpha value is -1.26. The van der Waals surface area contributed by atoms with Crippen molar-refractivity contribution in [1.29, 1.82) is 0 Å². The van der Waals surface area contributed by atoms with Gasteiger partial charge in [0.05, 0.1) is 6.20 Å². The molecular weight excluding hydrogens is 242 g/mol. The molecular formula is C14H19N3S. The number of nitrogens with zero attached hydrogens (tertiary/aromatic N) is 2. The molecule has 2 aromatic rings. The highest BCUT2D eigenvalue weighted by molar-refractivity contribution is 7.09. The van der Waals surface area contributed by atoms with Crippen molar-refractivity contribution in [3.63, 3.8) is 0 Å². The molecule has 0 aliphatic rings. The normalized spacial score (nSPS) is 12.5. The average molecular weight is 261 g/mol. The highest BCUT2D eigenvalue weighted by atomic mass is 32.1. The Bertz CT molecular complexity index is 428. The maximum absolute atomic E-state index is 3.97. The number of aryl methyl sites for hydroxylation is 1. The fourth-order valence-electron chi connectivity index (χ4n) is 1.95. The second kappa shape index (κ2) is 7.24. The summed E-state index contributed by atoms with van der Waals surface area (Å²) < 4.78 is 0. The SMILES string of the molecule is CCCNC(CCc1cccs1)c1ccnnc1. The van der Waals surface area contributed by atoms with Gasteiger partial charge in [-0.05, 0) is 48.9 Å². The van der Waals surface area contributed by atoms with Crippen LogP contribution < -0.4 is 5.32 Å². The summed E-state index contributed by atoms with van der Waals surface area (Å²) in [4.78, 5) is 1.44. The Morgan fingerprint density at radius 3 is 2.94 bits per heavy atom. The van der Waals surface area contributed by atoms with E-state index < -0.39 is 0 Å². The lowest BCUT2D eigenvalue weighted by molar-refractivity contribution is 0.498. The molecule has 18 heavy (non-hydrogen) atoms. The van der Waals surface area contributed by atoms with E-state index in [9.17, 15) is 0 Å². The van der Waals surface area contributed by atoms with Crippen molar-refractivity contribution in [2.75, 3.05) is 6.54 Å². The quantitative estimate of drug-likeness (QED) is 0.831. The first-order valence-corrected chi connectivity index (χ1v) is 7.30. The summed E-state index contributed by atoms with van der Waals surface area (Å²) in [6.07, 6.45) is 6.99. The average Bonchev–Trinajstić information content (AvgIpc) is 2.93. The van der Waals surface area contributed by atoms with Crippen LogP contribution in [0.2, 0.25) is 0 Å². The van der Waals surface area contributed by atoms with Gasteiger partial charge in [0.1, 0.15) is 0 Å². The summed E-state index contributed by atoms with van der Waals surface area (Å²) in [6.45, 7) is 3.23. The van der Waals surface area contributed by atoms with E-state index >= 15 is 0 Å². The second-order valence-electron chi connectivity index (χ2n) is 4.30. The van der Waals surface area contributed by atoms with Gasteiger partial charge in [-0.3, -0.25) is 0 Å². The van der Waals surface area contributed by atoms with Crippen molar-refractivity contribution in [3.05, 3.63) is 46.4 Å². The van der Waals surface area contributed by atoms with Gasteiger partial charge in [0.25, 0.3) is 0 Å². The van der Waals surface area contributed by atoms with Crippen LogP contribution in [0.1, 0.15) is 36.2 Å². The van der Waals surface area contributed by atoms with E-state index in [1.54, 1.807) is 6.20 Å². The maximum atomic E-state index is 3.97. The van der Waals surface area contributed by atoms with Gasteiger partial charge in [0.15, 0.2) is 0 Å². The molecule has 3 nitrogen and oxygen atoms in total. The van der Waals surface area contributed by atoms with Crippen molar-refractivity contribution in [2.45, 2.75) is 32.2 Å². The molecule has 0 aliphatic carbocycles. The molecule has 1 N–H and O–H groups in total. The zero-order valence-electron chi connectivity index (χ0n) is 10.7. The molecule has 0 bridgehead atoms. The molecule has 0 spiro atoms. The summed E-state index contributed by atoms with van der Waals surface area (Å²) in [6, 6.07) is 6.74. The first-order valence-electron chi connectivity index (χ1n) is 6.42.